The summed E-state index contributed by atoms with van der Waals surface area (Å²) in [6.45, 7) is 4.16. The Morgan fingerprint density at radius 2 is 2.23 bits per heavy atom. The van der Waals surface area contributed by atoms with Crippen LogP contribution in [0.15, 0.2) is 18.6 Å². The Bertz CT molecular complexity index is 433. The summed E-state index contributed by atoms with van der Waals surface area (Å²) in [7, 11) is 0. The molecular weight excluding hydrogens is 166 g/mol. The Labute approximate surface area is 75.8 Å². The second kappa shape index (κ2) is 2.73. The van der Waals surface area contributed by atoms with Crippen LogP contribution in [-0.4, -0.2) is 15.4 Å². The average molecular weight is 178 g/mol. The molecule has 2 heterocycles. The number of hydrogen-bond donors (Lipinski definition) is 2. The quantitative estimate of drug-likeness (QED) is 0.509. The van der Waals surface area contributed by atoms with E-state index in [-0.39, 0.29) is 0 Å². The average Bonchev–Trinajstić information content (AvgIpc) is 2.49. The zero-order chi connectivity index (χ0) is 9.42. The molecule has 0 fully saturated rings. The molecule has 68 valence electrons. The first-order valence-corrected chi connectivity index (χ1v) is 4.26. The SMILES string of the molecule is CC(C)c1c[n+](O)cc2cn[nH]c12. The van der Waals surface area contributed by atoms with E-state index in [1.165, 1.54) is 0 Å². The van der Waals surface area contributed by atoms with Gasteiger partial charge in [0, 0.05) is 10.3 Å². The van der Waals surface area contributed by atoms with Gasteiger partial charge in [0.2, 0.25) is 12.4 Å². The smallest absolute Gasteiger partial charge is 0.233 e. The highest BCUT2D eigenvalue weighted by molar-refractivity contribution is 5.79. The van der Waals surface area contributed by atoms with Crippen LogP contribution in [0.3, 0.4) is 0 Å². The minimum Gasteiger partial charge on any atom is -0.285 e. The van der Waals surface area contributed by atoms with Crippen molar-refractivity contribution in [3.8, 4) is 0 Å². The maximum atomic E-state index is 9.35. The van der Waals surface area contributed by atoms with E-state index in [0.29, 0.717) is 5.92 Å². The van der Waals surface area contributed by atoms with E-state index in [1.54, 1.807) is 18.6 Å². The molecule has 0 aliphatic rings. The van der Waals surface area contributed by atoms with E-state index in [4.69, 9.17) is 0 Å². The molecule has 0 saturated carbocycles. The van der Waals surface area contributed by atoms with Crippen molar-refractivity contribution < 1.29 is 9.94 Å². The van der Waals surface area contributed by atoms with Crippen LogP contribution >= 0.6 is 0 Å². The molecule has 2 aromatic rings. The van der Waals surface area contributed by atoms with Crippen LogP contribution in [0.2, 0.25) is 0 Å². The molecule has 2 rings (SSSR count). The molecule has 4 heteroatoms. The Morgan fingerprint density at radius 1 is 1.46 bits per heavy atom. The van der Waals surface area contributed by atoms with Crippen molar-refractivity contribution in [3.63, 3.8) is 0 Å². The van der Waals surface area contributed by atoms with Crippen molar-refractivity contribution in [1.29, 1.82) is 0 Å². The molecule has 0 saturated heterocycles. The first-order valence-electron chi connectivity index (χ1n) is 4.26. The normalized spacial score (nSPS) is 11.3. The maximum absolute atomic E-state index is 9.35. The first-order chi connectivity index (χ1) is 6.18. The van der Waals surface area contributed by atoms with Crippen molar-refractivity contribution >= 4 is 10.9 Å². The number of aromatic amines is 1. The fourth-order valence-corrected chi connectivity index (χ4v) is 1.45. The topological polar surface area (TPSA) is 52.8 Å². The summed E-state index contributed by atoms with van der Waals surface area (Å²) in [5, 5.41) is 17.1. The fraction of sp³-hybridized carbons (Fsp3) is 0.333. The lowest BCUT2D eigenvalue weighted by Gasteiger charge is -2.02. The van der Waals surface area contributed by atoms with Gasteiger partial charge in [-0.1, -0.05) is 13.8 Å². The van der Waals surface area contributed by atoms with Gasteiger partial charge >= 0.3 is 0 Å². The molecule has 0 unspecified atom stereocenters. The molecule has 0 aliphatic carbocycles. The minimum absolute atomic E-state index is 0.363. The number of aromatic nitrogens is 3. The highest BCUT2D eigenvalue weighted by Crippen LogP contribution is 2.20. The van der Waals surface area contributed by atoms with Gasteiger partial charge in [-0.05, 0) is 5.92 Å². The summed E-state index contributed by atoms with van der Waals surface area (Å²) in [5.41, 5.74) is 2.07. The molecule has 13 heavy (non-hydrogen) atoms. The summed E-state index contributed by atoms with van der Waals surface area (Å²) in [6, 6.07) is 0. The lowest BCUT2D eigenvalue weighted by Crippen LogP contribution is -2.29. The molecule has 0 atom stereocenters. The van der Waals surface area contributed by atoms with E-state index < -0.39 is 0 Å². The standard InChI is InChI=1S/C9H11N3O/c1-6(2)8-5-12(13)4-7-3-10-11-9(7)8/h3-6,13H,1-2H3/p+1. The van der Waals surface area contributed by atoms with Gasteiger partial charge in [-0.25, -0.2) is 0 Å². The summed E-state index contributed by atoms with van der Waals surface area (Å²) < 4.78 is 1.08. The van der Waals surface area contributed by atoms with E-state index in [2.05, 4.69) is 24.0 Å². The predicted octanol–water partition coefficient (Wildman–Crippen LogP) is 1.21. The van der Waals surface area contributed by atoms with Gasteiger partial charge in [-0.2, -0.15) is 5.10 Å². The second-order valence-corrected chi connectivity index (χ2v) is 3.45. The van der Waals surface area contributed by atoms with Gasteiger partial charge in [0.1, 0.15) is 0 Å². The second-order valence-electron chi connectivity index (χ2n) is 3.45. The van der Waals surface area contributed by atoms with Gasteiger partial charge in [-0.3, -0.25) is 10.3 Å². The number of nitrogens with zero attached hydrogens (tertiary/aromatic N) is 2. The molecule has 0 aromatic carbocycles. The highest BCUT2D eigenvalue weighted by Gasteiger charge is 2.13. The van der Waals surface area contributed by atoms with E-state index in [1.807, 2.05) is 0 Å². The minimum atomic E-state index is 0.363. The summed E-state index contributed by atoms with van der Waals surface area (Å²) >= 11 is 0. The Kier molecular flexibility index (Phi) is 1.69. The van der Waals surface area contributed by atoms with E-state index in [0.717, 1.165) is 21.2 Å². The lowest BCUT2D eigenvalue weighted by molar-refractivity contribution is -0.904. The van der Waals surface area contributed by atoms with Crippen molar-refractivity contribution in [1.82, 2.24) is 10.2 Å². The third-order valence-corrected chi connectivity index (χ3v) is 2.12. The lowest BCUT2D eigenvalue weighted by atomic mass is 10.0. The van der Waals surface area contributed by atoms with Crippen molar-refractivity contribution in [3.05, 3.63) is 24.2 Å². The third kappa shape index (κ3) is 1.24. The number of H-pyrrole nitrogens is 1. The van der Waals surface area contributed by atoms with Crippen LogP contribution in [0.25, 0.3) is 10.9 Å². The molecule has 4 nitrogen and oxygen atoms in total. The van der Waals surface area contributed by atoms with Crippen LogP contribution in [0.1, 0.15) is 25.3 Å². The van der Waals surface area contributed by atoms with Crippen LogP contribution in [0.5, 0.6) is 0 Å². The summed E-state index contributed by atoms with van der Waals surface area (Å²) in [6.07, 6.45) is 5.03. The van der Waals surface area contributed by atoms with Crippen molar-refractivity contribution in [2.24, 2.45) is 0 Å². The Balaban J connectivity index is 2.77. The van der Waals surface area contributed by atoms with Crippen LogP contribution in [0.4, 0.5) is 0 Å². The third-order valence-electron chi connectivity index (χ3n) is 2.12. The van der Waals surface area contributed by atoms with Gasteiger partial charge in [0.05, 0.1) is 17.1 Å². The zero-order valence-corrected chi connectivity index (χ0v) is 7.65. The molecular formula is C9H12N3O+. The van der Waals surface area contributed by atoms with Gasteiger partial charge < -0.3 is 0 Å². The van der Waals surface area contributed by atoms with Crippen LogP contribution in [0, 0.1) is 0 Å². The van der Waals surface area contributed by atoms with Crippen LogP contribution in [-0.2, 0) is 0 Å². The molecule has 0 bridgehead atoms. The molecule has 0 radical (unpaired) electrons. The number of hydrogen-bond acceptors (Lipinski definition) is 2. The Morgan fingerprint density at radius 3 is 2.92 bits per heavy atom. The molecule has 2 aromatic heterocycles. The molecule has 0 spiro atoms. The molecule has 2 N–H and O–H groups in total. The van der Waals surface area contributed by atoms with Crippen molar-refractivity contribution in [2.45, 2.75) is 19.8 Å². The van der Waals surface area contributed by atoms with Crippen LogP contribution < -0.4 is 4.73 Å². The first kappa shape index (κ1) is 8.04. The largest absolute Gasteiger partial charge is 0.285 e. The maximum Gasteiger partial charge on any atom is 0.233 e. The highest BCUT2D eigenvalue weighted by atomic mass is 16.5. The molecule has 0 amide bonds. The number of pyridine rings is 1. The number of rotatable bonds is 1. The zero-order valence-electron chi connectivity index (χ0n) is 7.65. The summed E-state index contributed by atoms with van der Waals surface area (Å²) in [4.78, 5) is 0. The summed E-state index contributed by atoms with van der Waals surface area (Å²) in [5.74, 6) is 0.363. The molecule has 0 aliphatic heterocycles. The van der Waals surface area contributed by atoms with Crippen molar-refractivity contribution in [2.75, 3.05) is 0 Å². The predicted molar refractivity (Wildman–Crippen MR) is 47.6 cm³/mol. The number of fused-ring (bicyclic) bond motifs is 1. The van der Waals surface area contributed by atoms with Gasteiger partial charge in [0.15, 0.2) is 0 Å². The van der Waals surface area contributed by atoms with E-state index in [9.17, 15) is 5.21 Å². The van der Waals surface area contributed by atoms with Gasteiger partial charge in [0.25, 0.3) is 0 Å². The number of nitrogens with one attached hydrogen (secondary N) is 1. The fourth-order valence-electron chi connectivity index (χ4n) is 1.45. The Hall–Kier alpha value is -1.58. The van der Waals surface area contributed by atoms with E-state index >= 15 is 0 Å². The van der Waals surface area contributed by atoms with Gasteiger partial charge in [-0.15, -0.1) is 0 Å². The monoisotopic (exact) mass is 178 g/mol.